The monoisotopic (exact) mass is 379 g/mol. The number of amides is 1. The van der Waals surface area contributed by atoms with Crippen molar-refractivity contribution in [3.8, 4) is 11.5 Å². The molecule has 0 saturated carbocycles. The Bertz CT molecular complexity index is 817. The summed E-state index contributed by atoms with van der Waals surface area (Å²) < 4.78 is 11.6. The lowest BCUT2D eigenvalue weighted by molar-refractivity contribution is -0.119. The van der Waals surface area contributed by atoms with E-state index in [1.807, 2.05) is 30.3 Å². The summed E-state index contributed by atoms with van der Waals surface area (Å²) in [5, 5.41) is 2.89. The van der Waals surface area contributed by atoms with Gasteiger partial charge in [0.05, 0.1) is 13.2 Å². The average molecular weight is 379 g/mol. The van der Waals surface area contributed by atoms with Gasteiger partial charge in [-0.2, -0.15) is 0 Å². The molecule has 1 N–H and O–H groups in total. The van der Waals surface area contributed by atoms with Crippen LogP contribution in [-0.2, 0) is 28.9 Å². The average Bonchev–Trinajstić information content (AvgIpc) is 2.70. The van der Waals surface area contributed by atoms with Crippen molar-refractivity contribution in [1.29, 1.82) is 0 Å². The van der Waals surface area contributed by atoms with Gasteiger partial charge in [-0.1, -0.05) is 12.1 Å². The molecule has 0 aromatic heterocycles. The zero-order valence-corrected chi connectivity index (χ0v) is 16.0. The summed E-state index contributed by atoms with van der Waals surface area (Å²) in [7, 11) is 0. The summed E-state index contributed by atoms with van der Waals surface area (Å²) in [6, 6.07) is 12.0. The highest BCUT2D eigenvalue weighted by atomic mass is 16.5. The van der Waals surface area contributed by atoms with Gasteiger partial charge in [0.2, 0.25) is 5.91 Å². The molecule has 4 rings (SSSR count). The van der Waals surface area contributed by atoms with Crippen LogP contribution in [0, 0.1) is 0 Å². The molecule has 1 amide bonds. The predicted octanol–water partition coefficient (Wildman–Crippen LogP) is 3.87. The topological polar surface area (TPSA) is 64.6 Å². The van der Waals surface area contributed by atoms with Crippen molar-refractivity contribution < 1.29 is 19.1 Å². The number of benzene rings is 2. The van der Waals surface area contributed by atoms with Crippen LogP contribution >= 0.6 is 0 Å². The molecule has 0 saturated heterocycles. The number of unbranched alkanes of at least 4 members (excludes halogenated alkanes) is 1. The van der Waals surface area contributed by atoms with Crippen molar-refractivity contribution in [3.05, 3.63) is 53.1 Å². The van der Waals surface area contributed by atoms with Gasteiger partial charge in [-0.15, -0.1) is 0 Å². The molecule has 1 aliphatic heterocycles. The van der Waals surface area contributed by atoms with E-state index in [2.05, 4.69) is 11.4 Å². The highest BCUT2D eigenvalue weighted by Crippen LogP contribution is 2.27. The van der Waals surface area contributed by atoms with Crippen molar-refractivity contribution in [3.63, 3.8) is 0 Å². The normalized spacial score (nSPS) is 15.4. The van der Waals surface area contributed by atoms with E-state index in [1.54, 1.807) is 0 Å². The van der Waals surface area contributed by atoms with Gasteiger partial charge in [0, 0.05) is 31.0 Å². The van der Waals surface area contributed by atoms with Crippen LogP contribution in [0.25, 0.3) is 0 Å². The van der Waals surface area contributed by atoms with Crippen LogP contribution in [0.1, 0.15) is 42.4 Å². The van der Waals surface area contributed by atoms with E-state index >= 15 is 0 Å². The molecule has 0 atom stereocenters. The summed E-state index contributed by atoms with van der Waals surface area (Å²) in [5.74, 6) is 1.98. The second-order valence-electron chi connectivity index (χ2n) is 7.42. The molecule has 1 aliphatic carbocycles. The van der Waals surface area contributed by atoms with Crippen molar-refractivity contribution in [2.75, 3.05) is 18.5 Å². The minimum Gasteiger partial charge on any atom is -0.494 e. The highest BCUT2D eigenvalue weighted by molar-refractivity contribution is 5.94. The predicted molar refractivity (Wildman–Crippen MR) is 107 cm³/mol. The Kier molecular flexibility index (Phi) is 5.60. The summed E-state index contributed by atoms with van der Waals surface area (Å²) in [4.78, 5) is 23.1. The van der Waals surface area contributed by atoms with Crippen LogP contribution < -0.4 is 14.8 Å². The van der Waals surface area contributed by atoms with Crippen LogP contribution in [0.4, 0.5) is 5.69 Å². The first-order valence-corrected chi connectivity index (χ1v) is 9.99. The van der Waals surface area contributed by atoms with Crippen molar-refractivity contribution >= 4 is 17.4 Å². The first-order valence-electron chi connectivity index (χ1n) is 9.99. The number of Topliss-reactive ketones (excluding diaryl/α,β-unsaturated/α-hetero) is 1. The first-order chi connectivity index (χ1) is 13.7. The van der Waals surface area contributed by atoms with Gasteiger partial charge in [-0.3, -0.25) is 9.59 Å². The number of ether oxygens (including phenoxy) is 2. The third-order valence-corrected chi connectivity index (χ3v) is 5.29. The first kappa shape index (κ1) is 18.5. The van der Waals surface area contributed by atoms with Crippen molar-refractivity contribution in [2.24, 2.45) is 0 Å². The van der Waals surface area contributed by atoms with Crippen LogP contribution in [0.3, 0.4) is 0 Å². The number of ketones is 1. The lowest BCUT2D eigenvalue weighted by atomic mass is 9.91. The molecule has 5 heteroatoms. The van der Waals surface area contributed by atoms with E-state index in [4.69, 9.17) is 9.47 Å². The van der Waals surface area contributed by atoms with Gasteiger partial charge in [0.1, 0.15) is 17.3 Å². The minimum absolute atomic E-state index is 0.0633. The van der Waals surface area contributed by atoms with Crippen LogP contribution in [0.2, 0.25) is 0 Å². The molecule has 2 aromatic carbocycles. The third-order valence-electron chi connectivity index (χ3n) is 5.29. The SMILES string of the molecule is O=C1CCc2ccc(OCCCCOc3ccc4c(c3)NC(=O)CC4)cc2C1. The molecule has 2 aliphatic rings. The van der Waals surface area contributed by atoms with Crippen molar-refractivity contribution in [2.45, 2.75) is 44.9 Å². The standard InChI is InChI=1S/C23H25NO4/c25-19-7-3-16-4-8-20(14-18(16)13-19)27-11-1-2-12-28-21-9-5-17-6-10-23(26)24-22(17)15-21/h4-5,8-9,14-15H,1-3,6-7,10-13H2,(H,24,26). The van der Waals surface area contributed by atoms with Gasteiger partial charge < -0.3 is 14.8 Å². The van der Waals surface area contributed by atoms with E-state index in [9.17, 15) is 9.59 Å². The molecular weight excluding hydrogens is 354 g/mol. The molecule has 0 spiro atoms. The molecule has 2 aromatic rings. The molecule has 0 radical (unpaired) electrons. The summed E-state index contributed by atoms with van der Waals surface area (Å²) in [5.41, 5.74) is 4.40. The quantitative estimate of drug-likeness (QED) is 0.742. The molecular formula is C23H25NO4. The number of hydrogen-bond acceptors (Lipinski definition) is 4. The van der Waals surface area contributed by atoms with E-state index in [0.29, 0.717) is 38.3 Å². The number of hydrogen-bond donors (Lipinski definition) is 1. The fourth-order valence-electron chi connectivity index (χ4n) is 3.70. The maximum Gasteiger partial charge on any atom is 0.224 e. The van der Waals surface area contributed by atoms with Crippen LogP contribution in [0.5, 0.6) is 11.5 Å². The molecule has 5 nitrogen and oxygen atoms in total. The molecule has 0 fully saturated rings. The van der Waals surface area contributed by atoms with E-state index in [1.165, 1.54) is 5.56 Å². The summed E-state index contributed by atoms with van der Waals surface area (Å²) >= 11 is 0. The number of nitrogens with one attached hydrogen (secondary N) is 1. The lowest BCUT2D eigenvalue weighted by Crippen LogP contribution is -2.18. The lowest BCUT2D eigenvalue weighted by Gasteiger charge is -2.18. The molecule has 0 unspecified atom stereocenters. The number of rotatable bonds is 7. The van der Waals surface area contributed by atoms with Gasteiger partial charge in [-0.25, -0.2) is 0 Å². The van der Waals surface area contributed by atoms with Gasteiger partial charge in [0.15, 0.2) is 0 Å². The Morgan fingerprint density at radius 3 is 2.21 bits per heavy atom. The fourth-order valence-corrected chi connectivity index (χ4v) is 3.70. The van der Waals surface area contributed by atoms with Crippen LogP contribution in [-0.4, -0.2) is 24.9 Å². The molecule has 146 valence electrons. The highest BCUT2D eigenvalue weighted by Gasteiger charge is 2.16. The van der Waals surface area contributed by atoms with Crippen LogP contribution in [0.15, 0.2) is 36.4 Å². The van der Waals surface area contributed by atoms with E-state index in [-0.39, 0.29) is 5.91 Å². The zero-order valence-electron chi connectivity index (χ0n) is 16.0. The zero-order chi connectivity index (χ0) is 19.3. The second-order valence-corrected chi connectivity index (χ2v) is 7.42. The maximum absolute atomic E-state index is 11.6. The number of aryl methyl sites for hydroxylation is 2. The Balaban J connectivity index is 1.19. The largest absolute Gasteiger partial charge is 0.494 e. The number of fused-ring (bicyclic) bond motifs is 2. The van der Waals surface area contributed by atoms with Gasteiger partial charge >= 0.3 is 0 Å². The number of anilines is 1. The third kappa shape index (κ3) is 4.53. The van der Waals surface area contributed by atoms with E-state index < -0.39 is 0 Å². The molecule has 28 heavy (non-hydrogen) atoms. The Hall–Kier alpha value is -2.82. The van der Waals surface area contributed by atoms with Crippen molar-refractivity contribution in [1.82, 2.24) is 0 Å². The Morgan fingerprint density at radius 1 is 0.750 bits per heavy atom. The van der Waals surface area contributed by atoms with Gasteiger partial charge in [0.25, 0.3) is 0 Å². The Labute approximate surface area is 165 Å². The smallest absolute Gasteiger partial charge is 0.224 e. The Morgan fingerprint density at radius 2 is 1.43 bits per heavy atom. The van der Waals surface area contributed by atoms with Gasteiger partial charge in [-0.05, 0) is 60.6 Å². The number of carbonyl (C=O) groups excluding carboxylic acids is 2. The molecule has 0 bridgehead atoms. The second kappa shape index (κ2) is 8.46. The number of carbonyl (C=O) groups is 2. The maximum atomic E-state index is 11.6. The van der Waals surface area contributed by atoms with E-state index in [0.717, 1.165) is 54.0 Å². The summed E-state index contributed by atoms with van der Waals surface area (Å²) in [6.45, 7) is 1.23. The fraction of sp³-hybridized carbons (Fsp3) is 0.391. The molecule has 1 heterocycles. The summed E-state index contributed by atoms with van der Waals surface area (Å²) in [6.07, 6.45) is 5.14. The minimum atomic E-state index is 0.0633.